The molecule has 0 spiro atoms. The molecule has 2 aliphatic rings. The topological polar surface area (TPSA) is 29.3 Å². The summed E-state index contributed by atoms with van der Waals surface area (Å²) in [5.41, 5.74) is 9.59. The molecular formula is C12H16N2. The van der Waals surface area contributed by atoms with E-state index in [9.17, 15) is 0 Å². The lowest BCUT2D eigenvalue weighted by Gasteiger charge is -2.31. The first-order valence-corrected chi connectivity index (χ1v) is 5.49. The van der Waals surface area contributed by atoms with Crippen LogP contribution in [0.2, 0.25) is 0 Å². The predicted molar refractivity (Wildman–Crippen MR) is 59.5 cm³/mol. The van der Waals surface area contributed by atoms with Gasteiger partial charge in [-0.15, -0.1) is 0 Å². The molecule has 1 saturated carbocycles. The van der Waals surface area contributed by atoms with Crippen LogP contribution in [0.4, 0.5) is 11.4 Å². The molecule has 0 saturated heterocycles. The van der Waals surface area contributed by atoms with Gasteiger partial charge >= 0.3 is 0 Å². The molecule has 2 N–H and O–H groups in total. The van der Waals surface area contributed by atoms with Crippen LogP contribution in [0, 0.1) is 0 Å². The molecule has 0 unspecified atom stereocenters. The fraction of sp³-hybridized carbons (Fsp3) is 0.500. The van der Waals surface area contributed by atoms with Crippen LogP contribution in [-0.2, 0) is 6.42 Å². The number of anilines is 2. The lowest BCUT2D eigenvalue weighted by molar-refractivity contribution is 0.688. The van der Waals surface area contributed by atoms with Gasteiger partial charge in [-0.05, 0) is 49.4 Å². The van der Waals surface area contributed by atoms with Gasteiger partial charge in [0, 0.05) is 24.0 Å². The second-order valence-corrected chi connectivity index (χ2v) is 4.42. The summed E-state index contributed by atoms with van der Waals surface area (Å²) >= 11 is 0. The summed E-state index contributed by atoms with van der Waals surface area (Å²) in [6.45, 7) is 1.24. The van der Waals surface area contributed by atoms with Gasteiger partial charge in [0.2, 0.25) is 0 Å². The van der Waals surface area contributed by atoms with E-state index in [2.05, 4.69) is 17.0 Å². The molecule has 1 aromatic rings. The molecule has 1 aliphatic heterocycles. The van der Waals surface area contributed by atoms with Gasteiger partial charge in [0.15, 0.2) is 0 Å². The molecule has 2 heteroatoms. The van der Waals surface area contributed by atoms with Crippen LogP contribution in [0.1, 0.15) is 24.8 Å². The van der Waals surface area contributed by atoms with Crippen molar-refractivity contribution in [2.45, 2.75) is 31.7 Å². The number of aryl methyl sites for hydroxylation is 1. The van der Waals surface area contributed by atoms with E-state index in [0.29, 0.717) is 0 Å². The van der Waals surface area contributed by atoms with E-state index in [4.69, 9.17) is 5.73 Å². The number of nitrogens with zero attached hydrogens (tertiary/aromatic N) is 1. The summed E-state index contributed by atoms with van der Waals surface area (Å²) in [5.74, 6) is 0. The monoisotopic (exact) mass is 188 g/mol. The molecule has 1 fully saturated rings. The molecule has 3 rings (SSSR count). The van der Waals surface area contributed by atoms with Crippen molar-refractivity contribution in [1.82, 2.24) is 0 Å². The van der Waals surface area contributed by atoms with Gasteiger partial charge < -0.3 is 10.6 Å². The maximum absolute atomic E-state index is 5.80. The Labute approximate surface area is 84.7 Å². The van der Waals surface area contributed by atoms with Gasteiger partial charge in [-0.25, -0.2) is 0 Å². The van der Waals surface area contributed by atoms with Crippen molar-refractivity contribution in [3.05, 3.63) is 23.8 Å². The molecule has 0 atom stereocenters. The number of hydrogen-bond donors (Lipinski definition) is 1. The summed E-state index contributed by atoms with van der Waals surface area (Å²) in [6, 6.07) is 7.20. The SMILES string of the molecule is Nc1ccc2c(c1)CCCN2C1CC1. The molecule has 14 heavy (non-hydrogen) atoms. The van der Waals surface area contributed by atoms with E-state index >= 15 is 0 Å². The summed E-state index contributed by atoms with van der Waals surface area (Å²) in [6.07, 6.45) is 5.24. The standard InChI is InChI=1S/C12H16N2/c13-10-3-6-12-9(8-10)2-1-7-14(12)11-4-5-11/h3,6,8,11H,1-2,4-5,7,13H2. The maximum Gasteiger partial charge on any atom is 0.0402 e. The Morgan fingerprint density at radius 3 is 2.93 bits per heavy atom. The highest BCUT2D eigenvalue weighted by Crippen LogP contribution is 2.37. The van der Waals surface area contributed by atoms with Crippen molar-refractivity contribution in [3.8, 4) is 0 Å². The highest BCUT2D eigenvalue weighted by Gasteiger charge is 2.31. The lowest BCUT2D eigenvalue weighted by atomic mass is 10.0. The van der Waals surface area contributed by atoms with Gasteiger partial charge in [-0.1, -0.05) is 0 Å². The third-order valence-electron chi connectivity index (χ3n) is 3.25. The van der Waals surface area contributed by atoms with E-state index in [1.54, 1.807) is 0 Å². The molecule has 0 radical (unpaired) electrons. The van der Waals surface area contributed by atoms with Gasteiger partial charge in [0.1, 0.15) is 0 Å². The zero-order chi connectivity index (χ0) is 9.54. The van der Waals surface area contributed by atoms with Crippen LogP contribution in [0.15, 0.2) is 18.2 Å². The summed E-state index contributed by atoms with van der Waals surface area (Å²) in [5, 5.41) is 0. The first-order valence-electron chi connectivity index (χ1n) is 5.49. The van der Waals surface area contributed by atoms with Crippen molar-refractivity contribution in [1.29, 1.82) is 0 Å². The number of nitrogens with two attached hydrogens (primary N) is 1. The Morgan fingerprint density at radius 2 is 2.14 bits per heavy atom. The number of hydrogen-bond acceptors (Lipinski definition) is 2. The largest absolute Gasteiger partial charge is 0.399 e. The van der Waals surface area contributed by atoms with Crippen molar-refractivity contribution in [2.24, 2.45) is 0 Å². The highest BCUT2D eigenvalue weighted by atomic mass is 15.2. The van der Waals surface area contributed by atoms with Crippen molar-refractivity contribution < 1.29 is 0 Å². The molecule has 1 aliphatic carbocycles. The maximum atomic E-state index is 5.80. The minimum atomic E-state index is 0.831. The quantitative estimate of drug-likeness (QED) is 0.684. The molecule has 0 bridgehead atoms. The fourth-order valence-electron chi connectivity index (χ4n) is 2.41. The molecule has 0 aromatic heterocycles. The van der Waals surface area contributed by atoms with Gasteiger partial charge in [-0.2, -0.15) is 0 Å². The summed E-state index contributed by atoms with van der Waals surface area (Å²) < 4.78 is 0. The average molecular weight is 188 g/mol. The van der Waals surface area contributed by atoms with Crippen LogP contribution >= 0.6 is 0 Å². The summed E-state index contributed by atoms with van der Waals surface area (Å²) in [7, 11) is 0. The molecule has 0 amide bonds. The second-order valence-electron chi connectivity index (χ2n) is 4.42. The van der Waals surface area contributed by atoms with E-state index in [0.717, 1.165) is 11.7 Å². The summed E-state index contributed by atoms with van der Waals surface area (Å²) in [4.78, 5) is 2.57. The number of benzene rings is 1. The Hall–Kier alpha value is -1.18. The first kappa shape index (κ1) is 8.16. The smallest absolute Gasteiger partial charge is 0.0402 e. The van der Waals surface area contributed by atoms with Gasteiger partial charge in [0.25, 0.3) is 0 Å². The van der Waals surface area contributed by atoms with E-state index in [1.165, 1.54) is 43.5 Å². The molecular weight excluding hydrogens is 172 g/mol. The van der Waals surface area contributed by atoms with Crippen molar-refractivity contribution in [3.63, 3.8) is 0 Å². The fourth-order valence-corrected chi connectivity index (χ4v) is 2.41. The second kappa shape index (κ2) is 2.91. The Kier molecular flexibility index (Phi) is 1.69. The third-order valence-corrected chi connectivity index (χ3v) is 3.25. The highest BCUT2D eigenvalue weighted by molar-refractivity contribution is 5.62. The third kappa shape index (κ3) is 1.26. The molecule has 1 aromatic carbocycles. The average Bonchev–Trinajstić information content (AvgIpc) is 2.99. The van der Waals surface area contributed by atoms with E-state index < -0.39 is 0 Å². The first-order chi connectivity index (χ1) is 6.84. The number of nitrogen functional groups attached to an aromatic ring is 1. The van der Waals surface area contributed by atoms with Crippen LogP contribution < -0.4 is 10.6 Å². The van der Waals surface area contributed by atoms with Gasteiger partial charge in [0.05, 0.1) is 0 Å². The Morgan fingerprint density at radius 1 is 1.29 bits per heavy atom. The molecule has 74 valence electrons. The Bertz CT molecular complexity index is 355. The van der Waals surface area contributed by atoms with Crippen LogP contribution in [0.3, 0.4) is 0 Å². The molecule has 1 heterocycles. The zero-order valence-corrected chi connectivity index (χ0v) is 8.37. The van der Waals surface area contributed by atoms with Gasteiger partial charge in [-0.3, -0.25) is 0 Å². The van der Waals surface area contributed by atoms with Crippen LogP contribution in [0.5, 0.6) is 0 Å². The van der Waals surface area contributed by atoms with Crippen LogP contribution in [0.25, 0.3) is 0 Å². The van der Waals surface area contributed by atoms with E-state index in [-0.39, 0.29) is 0 Å². The van der Waals surface area contributed by atoms with E-state index in [1.807, 2.05) is 6.07 Å². The van der Waals surface area contributed by atoms with Crippen molar-refractivity contribution in [2.75, 3.05) is 17.2 Å². The molecule has 2 nitrogen and oxygen atoms in total. The number of rotatable bonds is 1. The van der Waals surface area contributed by atoms with Crippen LogP contribution in [-0.4, -0.2) is 12.6 Å². The minimum Gasteiger partial charge on any atom is -0.399 e. The predicted octanol–water partition coefficient (Wildman–Crippen LogP) is 2.18. The minimum absolute atomic E-state index is 0.831. The Balaban J connectivity index is 2.01. The normalized spacial score (nSPS) is 20.7. The zero-order valence-electron chi connectivity index (χ0n) is 8.37. The number of fused-ring (bicyclic) bond motifs is 1. The van der Waals surface area contributed by atoms with Crippen molar-refractivity contribution >= 4 is 11.4 Å². The lowest BCUT2D eigenvalue weighted by Crippen LogP contribution is -2.31.